The Morgan fingerprint density at radius 3 is 2.88 bits per heavy atom. The average Bonchev–Trinajstić information content (AvgIpc) is 2.98. The molecule has 0 amide bonds. The van der Waals surface area contributed by atoms with Crippen LogP contribution in [0.4, 0.5) is 0 Å². The third-order valence-corrected chi connectivity index (χ3v) is 3.41. The number of rotatable bonds is 7. The molecule has 1 aromatic rings. The van der Waals surface area contributed by atoms with Crippen LogP contribution in [0.15, 0.2) is 12.4 Å². The van der Waals surface area contributed by atoms with Crippen molar-refractivity contribution in [2.45, 2.75) is 39.3 Å². The van der Waals surface area contributed by atoms with Crippen LogP contribution >= 0.6 is 0 Å². The summed E-state index contributed by atoms with van der Waals surface area (Å²) in [5, 5.41) is 3.33. The summed E-state index contributed by atoms with van der Waals surface area (Å²) < 4.78 is 2.28. The highest BCUT2D eigenvalue weighted by Crippen LogP contribution is 2.08. The molecule has 1 aliphatic heterocycles. The van der Waals surface area contributed by atoms with E-state index in [0.29, 0.717) is 0 Å². The van der Waals surface area contributed by atoms with Crippen LogP contribution in [0.5, 0.6) is 0 Å². The third-order valence-electron chi connectivity index (χ3n) is 3.41. The van der Waals surface area contributed by atoms with Crippen molar-refractivity contribution in [3.63, 3.8) is 0 Å². The van der Waals surface area contributed by atoms with Crippen molar-refractivity contribution in [3.8, 4) is 0 Å². The highest BCUT2D eigenvalue weighted by Gasteiger charge is 2.10. The molecule has 0 aliphatic carbocycles. The van der Waals surface area contributed by atoms with E-state index in [1.807, 2.05) is 6.20 Å². The summed E-state index contributed by atoms with van der Waals surface area (Å²) in [5.41, 5.74) is 0. The van der Waals surface area contributed by atoms with Gasteiger partial charge in [-0.15, -0.1) is 0 Å². The fourth-order valence-electron chi connectivity index (χ4n) is 2.42. The van der Waals surface area contributed by atoms with Gasteiger partial charge in [0.05, 0.1) is 6.54 Å². The maximum Gasteiger partial charge on any atom is 0.122 e. The standard InChI is InChI=1S/C13H24N4/c1-2-14-12-13-15-6-11-17(13)10-5-9-16-7-3-4-8-16/h6,11,14H,2-5,7-10,12H2,1H3. The molecule has 2 rings (SSSR count). The molecule has 0 radical (unpaired) electrons. The van der Waals surface area contributed by atoms with Gasteiger partial charge in [0.15, 0.2) is 0 Å². The first-order valence-corrected chi connectivity index (χ1v) is 6.83. The summed E-state index contributed by atoms with van der Waals surface area (Å²) in [4.78, 5) is 6.96. The average molecular weight is 236 g/mol. The van der Waals surface area contributed by atoms with Crippen molar-refractivity contribution in [3.05, 3.63) is 18.2 Å². The first kappa shape index (κ1) is 12.6. The molecule has 0 unspecified atom stereocenters. The predicted octanol–water partition coefficient (Wildman–Crippen LogP) is 1.48. The molecule has 96 valence electrons. The number of aromatic nitrogens is 2. The van der Waals surface area contributed by atoms with Gasteiger partial charge in [-0.3, -0.25) is 0 Å². The number of hydrogen-bond donors (Lipinski definition) is 1. The molecular weight excluding hydrogens is 212 g/mol. The summed E-state index contributed by atoms with van der Waals surface area (Å²) in [6.07, 6.45) is 8.00. The third kappa shape index (κ3) is 3.82. The van der Waals surface area contributed by atoms with E-state index in [2.05, 4.69) is 32.9 Å². The minimum absolute atomic E-state index is 0.882. The second kappa shape index (κ2) is 6.77. The SMILES string of the molecule is CCNCc1nccn1CCCN1CCCC1. The maximum absolute atomic E-state index is 4.39. The van der Waals surface area contributed by atoms with Crippen LogP contribution in [0.1, 0.15) is 32.0 Å². The largest absolute Gasteiger partial charge is 0.334 e. The number of nitrogens with zero attached hydrogens (tertiary/aromatic N) is 3. The quantitative estimate of drug-likeness (QED) is 0.778. The number of likely N-dealkylation sites (tertiary alicyclic amines) is 1. The Hall–Kier alpha value is -0.870. The summed E-state index contributed by atoms with van der Waals surface area (Å²) >= 11 is 0. The molecular formula is C13H24N4. The van der Waals surface area contributed by atoms with Gasteiger partial charge in [-0.2, -0.15) is 0 Å². The van der Waals surface area contributed by atoms with Crippen LogP contribution in [0.2, 0.25) is 0 Å². The predicted molar refractivity (Wildman–Crippen MR) is 69.9 cm³/mol. The fourth-order valence-corrected chi connectivity index (χ4v) is 2.42. The molecule has 0 atom stereocenters. The maximum atomic E-state index is 4.39. The number of imidazole rings is 1. The molecule has 0 aromatic carbocycles. The Kier molecular flexibility index (Phi) is 5.01. The highest BCUT2D eigenvalue weighted by molar-refractivity contribution is 4.91. The van der Waals surface area contributed by atoms with Gasteiger partial charge >= 0.3 is 0 Å². The van der Waals surface area contributed by atoms with E-state index < -0.39 is 0 Å². The zero-order chi connectivity index (χ0) is 11.9. The number of nitrogens with one attached hydrogen (secondary N) is 1. The summed E-state index contributed by atoms with van der Waals surface area (Å²) in [5.74, 6) is 1.16. The van der Waals surface area contributed by atoms with Crippen LogP contribution in [-0.2, 0) is 13.1 Å². The normalized spacial score (nSPS) is 16.8. The lowest BCUT2D eigenvalue weighted by atomic mass is 10.4. The zero-order valence-corrected chi connectivity index (χ0v) is 10.9. The first-order valence-electron chi connectivity index (χ1n) is 6.83. The Balaban J connectivity index is 1.72. The van der Waals surface area contributed by atoms with E-state index in [1.54, 1.807) is 0 Å². The van der Waals surface area contributed by atoms with Gasteiger partial charge in [0, 0.05) is 18.9 Å². The lowest BCUT2D eigenvalue weighted by Crippen LogP contribution is -2.22. The Bertz CT molecular complexity index is 315. The van der Waals surface area contributed by atoms with Crippen molar-refractivity contribution in [1.29, 1.82) is 0 Å². The first-order chi connectivity index (χ1) is 8.40. The molecule has 0 spiro atoms. The molecule has 1 saturated heterocycles. The molecule has 0 saturated carbocycles. The van der Waals surface area contributed by atoms with Crippen molar-refractivity contribution in [1.82, 2.24) is 19.8 Å². The van der Waals surface area contributed by atoms with Gasteiger partial charge in [0.2, 0.25) is 0 Å². The van der Waals surface area contributed by atoms with Crippen LogP contribution < -0.4 is 5.32 Å². The summed E-state index contributed by atoms with van der Waals surface area (Å²) in [6, 6.07) is 0. The van der Waals surface area contributed by atoms with Crippen molar-refractivity contribution in [2.24, 2.45) is 0 Å². The molecule has 4 heteroatoms. The second-order valence-electron chi connectivity index (χ2n) is 4.72. The van der Waals surface area contributed by atoms with Crippen LogP contribution in [0.25, 0.3) is 0 Å². The second-order valence-corrected chi connectivity index (χ2v) is 4.72. The monoisotopic (exact) mass is 236 g/mol. The van der Waals surface area contributed by atoms with Crippen molar-refractivity contribution in [2.75, 3.05) is 26.2 Å². The fraction of sp³-hybridized carbons (Fsp3) is 0.769. The number of aryl methyl sites for hydroxylation is 1. The van der Waals surface area contributed by atoms with Gasteiger partial charge in [-0.25, -0.2) is 4.98 Å². The number of hydrogen-bond acceptors (Lipinski definition) is 3. The van der Waals surface area contributed by atoms with Crippen molar-refractivity contribution < 1.29 is 0 Å². The molecule has 17 heavy (non-hydrogen) atoms. The van der Waals surface area contributed by atoms with E-state index in [1.165, 1.54) is 38.9 Å². The van der Waals surface area contributed by atoms with Crippen LogP contribution in [0, 0.1) is 0 Å². The smallest absolute Gasteiger partial charge is 0.122 e. The molecule has 1 aromatic heterocycles. The minimum Gasteiger partial charge on any atom is -0.334 e. The van der Waals surface area contributed by atoms with Gasteiger partial charge < -0.3 is 14.8 Å². The molecule has 2 heterocycles. The Morgan fingerprint density at radius 1 is 1.29 bits per heavy atom. The molecule has 1 N–H and O–H groups in total. The van der Waals surface area contributed by atoms with E-state index >= 15 is 0 Å². The lowest BCUT2D eigenvalue weighted by molar-refractivity contribution is 0.324. The summed E-state index contributed by atoms with van der Waals surface area (Å²) in [7, 11) is 0. The summed E-state index contributed by atoms with van der Waals surface area (Å²) in [6.45, 7) is 8.94. The van der Waals surface area contributed by atoms with E-state index in [-0.39, 0.29) is 0 Å². The van der Waals surface area contributed by atoms with E-state index in [0.717, 1.165) is 25.5 Å². The molecule has 0 bridgehead atoms. The van der Waals surface area contributed by atoms with E-state index in [9.17, 15) is 0 Å². The Labute approximate surface area is 104 Å². The van der Waals surface area contributed by atoms with Gasteiger partial charge in [-0.05, 0) is 45.4 Å². The molecule has 1 aliphatic rings. The van der Waals surface area contributed by atoms with Gasteiger partial charge in [0.25, 0.3) is 0 Å². The lowest BCUT2D eigenvalue weighted by Gasteiger charge is -2.15. The molecule has 4 nitrogen and oxygen atoms in total. The van der Waals surface area contributed by atoms with Gasteiger partial charge in [-0.1, -0.05) is 6.92 Å². The Morgan fingerprint density at radius 2 is 2.12 bits per heavy atom. The minimum atomic E-state index is 0.882. The van der Waals surface area contributed by atoms with Crippen LogP contribution in [0.3, 0.4) is 0 Å². The van der Waals surface area contributed by atoms with Gasteiger partial charge in [0.1, 0.15) is 5.82 Å². The van der Waals surface area contributed by atoms with E-state index in [4.69, 9.17) is 0 Å². The van der Waals surface area contributed by atoms with Crippen molar-refractivity contribution >= 4 is 0 Å². The zero-order valence-electron chi connectivity index (χ0n) is 10.9. The highest BCUT2D eigenvalue weighted by atomic mass is 15.1. The topological polar surface area (TPSA) is 33.1 Å². The molecule has 1 fully saturated rings. The van der Waals surface area contributed by atoms with Crippen LogP contribution in [-0.4, -0.2) is 40.6 Å².